The number of fused-ring (bicyclic) bond motifs is 1. The van der Waals surface area contributed by atoms with Gasteiger partial charge in [0.1, 0.15) is 14.9 Å². The summed E-state index contributed by atoms with van der Waals surface area (Å²) < 4.78 is 12.5. The molecule has 0 saturated heterocycles. The number of ether oxygens (including phenoxy) is 1. The van der Waals surface area contributed by atoms with Crippen LogP contribution in [-0.4, -0.2) is 18.2 Å². The van der Waals surface area contributed by atoms with Crippen molar-refractivity contribution in [2.45, 2.75) is 12.3 Å². The van der Waals surface area contributed by atoms with Gasteiger partial charge < -0.3 is 9.26 Å². The van der Waals surface area contributed by atoms with E-state index in [2.05, 4.69) is 66.0 Å². The minimum absolute atomic E-state index is 0.0809. The molecule has 1 unspecified atom stereocenters. The highest BCUT2D eigenvalue weighted by atomic mass is 127. The van der Waals surface area contributed by atoms with Gasteiger partial charge in [-0.2, -0.15) is 0 Å². The van der Waals surface area contributed by atoms with Crippen molar-refractivity contribution in [3.8, 4) is 5.75 Å². The van der Waals surface area contributed by atoms with Crippen LogP contribution in [0.3, 0.4) is 0 Å². The standard InChI is InChI=1S/C9H10BrINO2P/c1-9(4-14-15)3-13-7-5(9)2-6(11)12-8(7)10/h2H,3-4,15H2,1H3/t9-/m1/s1. The van der Waals surface area contributed by atoms with Crippen LogP contribution in [0.2, 0.25) is 0 Å². The van der Waals surface area contributed by atoms with E-state index in [9.17, 15) is 0 Å². The first kappa shape index (κ1) is 12.0. The molecule has 2 heterocycles. The van der Waals surface area contributed by atoms with E-state index in [1.165, 1.54) is 0 Å². The number of hydrogen-bond donors (Lipinski definition) is 0. The van der Waals surface area contributed by atoms with Crippen molar-refractivity contribution in [2.75, 3.05) is 13.2 Å². The Labute approximate surface area is 113 Å². The smallest absolute Gasteiger partial charge is 0.156 e. The van der Waals surface area contributed by atoms with Crippen LogP contribution in [0.4, 0.5) is 0 Å². The van der Waals surface area contributed by atoms with Crippen molar-refractivity contribution in [3.05, 3.63) is 19.9 Å². The van der Waals surface area contributed by atoms with Gasteiger partial charge in [-0.25, -0.2) is 4.98 Å². The summed E-state index contributed by atoms with van der Waals surface area (Å²) in [7, 11) is 2.28. The highest BCUT2D eigenvalue weighted by molar-refractivity contribution is 14.1. The van der Waals surface area contributed by atoms with Gasteiger partial charge in [-0.1, -0.05) is 0 Å². The normalized spacial score (nSPS) is 23.7. The minimum Gasteiger partial charge on any atom is -0.489 e. The van der Waals surface area contributed by atoms with Crippen molar-refractivity contribution < 1.29 is 9.26 Å². The Morgan fingerprint density at radius 3 is 3.20 bits per heavy atom. The quantitative estimate of drug-likeness (QED) is 0.434. The average molecular weight is 402 g/mol. The molecular weight excluding hydrogens is 392 g/mol. The van der Waals surface area contributed by atoms with Crippen molar-refractivity contribution >= 4 is 48.0 Å². The average Bonchev–Trinajstić information content (AvgIpc) is 2.45. The Morgan fingerprint density at radius 1 is 1.80 bits per heavy atom. The van der Waals surface area contributed by atoms with Gasteiger partial charge in [0, 0.05) is 15.0 Å². The van der Waals surface area contributed by atoms with Crippen LogP contribution >= 0.6 is 48.0 Å². The number of nitrogens with zero attached hydrogens (tertiary/aromatic N) is 1. The van der Waals surface area contributed by atoms with E-state index in [0.717, 1.165) is 19.6 Å². The molecule has 1 aliphatic heterocycles. The maximum absolute atomic E-state index is 5.65. The SMILES string of the molecule is C[C@]1(COP)COc2c1cc(I)nc2Br. The largest absolute Gasteiger partial charge is 0.489 e. The van der Waals surface area contributed by atoms with Gasteiger partial charge in [0.25, 0.3) is 0 Å². The summed E-state index contributed by atoms with van der Waals surface area (Å²) in [6, 6.07) is 2.05. The first-order valence-corrected chi connectivity index (χ1v) is 6.72. The van der Waals surface area contributed by atoms with Crippen LogP contribution in [0.1, 0.15) is 12.5 Å². The lowest BCUT2D eigenvalue weighted by atomic mass is 9.86. The van der Waals surface area contributed by atoms with Crippen LogP contribution in [0.15, 0.2) is 10.7 Å². The molecule has 1 aromatic rings. The zero-order valence-corrected chi connectivity index (χ0v) is 13.0. The van der Waals surface area contributed by atoms with Crippen LogP contribution in [0.25, 0.3) is 0 Å². The molecule has 1 aliphatic rings. The first-order chi connectivity index (χ1) is 7.07. The molecule has 0 radical (unpaired) electrons. The van der Waals surface area contributed by atoms with Crippen molar-refractivity contribution in [1.82, 2.24) is 4.98 Å². The lowest BCUT2D eigenvalue weighted by Gasteiger charge is -2.21. The van der Waals surface area contributed by atoms with Gasteiger partial charge >= 0.3 is 0 Å². The molecule has 2 rings (SSSR count). The van der Waals surface area contributed by atoms with E-state index < -0.39 is 0 Å². The Bertz CT molecular complexity index is 404. The summed E-state index contributed by atoms with van der Waals surface area (Å²) in [5, 5.41) is 0. The Kier molecular flexibility index (Phi) is 3.55. The molecule has 6 heteroatoms. The van der Waals surface area contributed by atoms with E-state index in [1.807, 2.05) is 0 Å². The van der Waals surface area contributed by atoms with Gasteiger partial charge in [-0.05, 0) is 51.5 Å². The van der Waals surface area contributed by atoms with Crippen LogP contribution in [-0.2, 0) is 9.94 Å². The van der Waals surface area contributed by atoms with Crippen molar-refractivity contribution in [2.24, 2.45) is 0 Å². The second-order valence-corrected chi connectivity index (χ2v) is 5.96. The van der Waals surface area contributed by atoms with Crippen LogP contribution in [0, 0.1) is 3.70 Å². The maximum Gasteiger partial charge on any atom is 0.156 e. The Morgan fingerprint density at radius 2 is 2.53 bits per heavy atom. The van der Waals surface area contributed by atoms with E-state index >= 15 is 0 Å². The number of rotatable bonds is 2. The Balaban J connectivity index is 2.50. The van der Waals surface area contributed by atoms with Crippen molar-refractivity contribution in [3.63, 3.8) is 0 Å². The summed E-state index contributed by atoms with van der Waals surface area (Å²) >= 11 is 5.62. The third-order valence-electron chi connectivity index (χ3n) is 2.49. The lowest BCUT2D eigenvalue weighted by Crippen LogP contribution is -2.28. The fourth-order valence-corrected chi connectivity index (χ4v) is 3.44. The van der Waals surface area contributed by atoms with E-state index in [4.69, 9.17) is 9.26 Å². The zero-order chi connectivity index (χ0) is 11.1. The molecule has 0 aliphatic carbocycles. The molecule has 0 N–H and O–H groups in total. The van der Waals surface area contributed by atoms with Gasteiger partial charge in [0.15, 0.2) is 5.75 Å². The molecule has 0 amide bonds. The fraction of sp³-hybridized carbons (Fsp3) is 0.444. The molecule has 0 aromatic carbocycles. The fourth-order valence-electron chi connectivity index (χ4n) is 1.67. The van der Waals surface area contributed by atoms with Gasteiger partial charge in [-0.3, -0.25) is 0 Å². The van der Waals surface area contributed by atoms with Crippen molar-refractivity contribution in [1.29, 1.82) is 0 Å². The highest BCUT2D eigenvalue weighted by Gasteiger charge is 2.38. The number of pyridine rings is 1. The molecular formula is C9H10BrINO2P. The third kappa shape index (κ3) is 2.16. The van der Waals surface area contributed by atoms with Gasteiger partial charge in [-0.15, -0.1) is 0 Å². The minimum atomic E-state index is -0.0809. The van der Waals surface area contributed by atoms with Crippen LogP contribution in [0.5, 0.6) is 5.75 Å². The van der Waals surface area contributed by atoms with E-state index in [0.29, 0.717) is 13.2 Å². The van der Waals surface area contributed by atoms with E-state index in [1.54, 1.807) is 0 Å². The molecule has 1 aromatic heterocycles. The summed E-state index contributed by atoms with van der Waals surface area (Å²) in [5.74, 6) is 0.847. The molecule has 3 nitrogen and oxygen atoms in total. The topological polar surface area (TPSA) is 31.4 Å². The number of halogens is 2. The monoisotopic (exact) mass is 401 g/mol. The number of aromatic nitrogens is 1. The molecule has 0 bridgehead atoms. The summed E-state index contributed by atoms with van der Waals surface area (Å²) in [5.41, 5.74) is 1.08. The molecule has 0 saturated carbocycles. The second kappa shape index (κ2) is 4.43. The molecule has 2 atom stereocenters. The third-order valence-corrected chi connectivity index (χ3v) is 3.74. The van der Waals surface area contributed by atoms with Crippen LogP contribution < -0.4 is 4.74 Å². The summed E-state index contributed by atoms with van der Waals surface area (Å²) in [6.07, 6.45) is 0. The summed E-state index contributed by atoms with van der Waals surface area (Å²) in [6.45, 7) is 3.39. The summed E-state index contributed by atoms with van der Waals surface area (Å²) in [4.78, 5) is 4.30. The molecule has 82 valence electrons. The molecule has 15 heavy (non-hydrogen) atoms. The Hall–Kier alpha value is 0.550. The first-order valence-electron chi connectivity index (χ1n) is 4.38. The highest BCUT2D eigenvalue weighted by Crippen LogP contribution is 2.43. The predicted molar refractivity (Wildman–Crippen MR) is 73.2 cm³/mol. The zero-order valence-electron chi connectivity index (χ0n) is 8.09. The molecule has 0 spiro atoms. The predicted octanol–water partition coefficient (Wildman–Crippen LogP) is 2.91. The lowest BCUT2D eigenvalue weighted by molar-refractivity contribution is 0.205. The van der Waals surface area contributed by atoms with Gasteiger partial charge in [0.2, 0.25) is 0 Å². The maximum atomic E-state index is 5.65. The molecule has 0 fully saturated rings. The van der Waals surface area contributed by atoms with E-state index in [-0.39, 0.29) is 5.41 Å². The number of hydrogen-bond acceptors (Lipinski definition) is 3. The second-order valence-electron chi connectivity index (χ2n) is 3.77. The van der Waals surface area contributed by atoms with Gasteiger partial charge in [0.05, 0.1) is 12.0 Å².